The SMILES string of the molecule is CCc1nc2c(F)cc(C(C)(C)C)cn2c(=O)c1F. The van der Waals surface area contributed by atoms with E-state index >= 15 is 0 Å². The van der Waals surface area contributed by atoms with Crippen molar-refractivity contribution in [1.29, 1.82) is 0 Å². The summed E-state index contributed by atoms with van der Waals surface area (Å²) in [5.74, 6) is -1.52. The van der Waals surface area contributed by atoms with Gasteiger partial charge in [0.25, 0.3) is 5.56 Å². The minimum Gasteiger partial charge on any atom is -0.265 e. The number of hydrogen-bond acceptors (Lipinski definition) is 2. The summed E-state index contributed by atoms with van der Waals surface area (Å²) in [6.45, 7) is 7.34. The summed E-state index contributed by atoms with van der Waals surface area (Å²) < 4.78 is 28.8. The molecule has 0 saturated carbocycles. The first-order chi connectivity index (χ1) is 8.75. The summed E-state index contributed by atoms with van der Waals surface area (Å²) >= 11 is 0. The van der Waals surface area contributed by atoms with Crippen LogP contribution in [0.25, 0.3) is 5.65 Å². The molecule has 0 N–H and O–H groups in total. The van der Waals surface area contributed by atoms with Crippen LogP contribution < -0.4 is 5.56 Å². The fraction of sp³-hybridized carbons (Fsp3) is 0.429. The van der Waals surface area contributed by atoms with Crippen LogP contribution in [0.3, 0.4) is 0 Å². The molecule has 2 rings (SSSR count). The van der Waals surface area contributed by atoms with Crippen LogP contribution in [0.4, 0.5) is 8.78 Å². The van der Waals surface area contributed by atoms with Gasteiger partial charge in [-0.15, -0.1) is 0 Å². The van der Waals surface area contributed by atoms with Crippen molar-refractivity contribution in [2.45, 2.75) is 39.5 Å². The van der Waals surface area contributed by atoms with E-state index in [0.717, 1.165) is 4.40 Å². The van der Waals surface area contributed by atoms with E-state index in [9.17, 15) is 13.6 Å². The Morgan fingerprint density at radius 3 is 2.47 bits per heavy atom. The number of aryl methyl sites for hydroxylation is 1. The number of nitrogens with zero attached hydrogens (tertiary/aromatic N) is 2. The van der Waals surface area contributed by atoms with Gasteiger partial charge in [-0.25, -0.2) is 9.37 Å². The van der Waals surface area contributed by atoms with E-state index in [-0.39, 0.29) is 23.2 Å². The molecule has 0 amide bonds. The second-order valence-electron chi connectivity index (χ2n) is 5.55. The molecule has 0 aliphatic rings. The van der Waals surface area contributed by atoms with Gasteiger partial charge in [-0.1, -0.05) is 27.7 Å². The molecule has 0 unspecified atom stereocenters. The van der Waals surface area contributed by atoms with Crippen molar-refractivity contribution in [2.75, 3.05) is 0 Å². The van der Waals surface area contributed by atoms with Crippen LogP contribution in [0.5, 0.6) is 0 Å². The van der Waals surface area contributed by atoms with Gasteiger partial charge < -0.3 is 0 Å². The molecule has 0 aliphatic carbocycles. The Morgan fingerprint density at radius 2 is 1.95 bits per heavy atom. The molecular weight excluding hydrogens is 250 g/mol. The van der Waals surface area contributed by atoms with Gasteiger partial charge in [0.05, 0.1) is 5.69 Å². The van der Waals surface area contributed by atoms with E-state index in [0.29, 0.717) is 5.56 Å². The maximum absolute atomic E-state index is 14.1. The smallest absolute Gasteiger partial charge is 0.265 e. The Bertz CT molecular complexity index is 699. The molecule has 3 nitrogen and oxygen atoms in total. The van der Waals surface area contributed by atoms with Crippen LogP contribution in [0, 0.1) is 11.6 Å². The Hall–Kier alpha value is -1.78. The van der Waals surface area contributed by atoms with Gasteiger partial charge in [-0.05, 0) is 23.5 Å². The first-order valence-corrected chi connectivity index (χ1v) is 6.16. The highest BCUT2D eigenvalue weighted by Gasteiger charge is 2.19. The first-order valence-electron chi connectivity index (χ1n) is 6.16. The van der Waals surface area contributed by atoms with Crippen LogP contribution in [0.15, 0.2) is 17.1 Å². The summed E-state index contributed by atoms with van der Waals surface area (Å²) in [6.07, 6.45) is 1.70. The third-order valence-electron chi connectivity index (χ3n) is 3.09. The van der Waals surface area contributed by atoms with Crippen LogP contribution in [-0.4, -0.2) is 9.38 Å². The van der Waals surface area contributed by atoms with E-state index in [1.54, 1.807) is 6.92 Å². The van der Waals surface area contributed by atoms with E-state index in [1.165, 1.54) is 12.3 Å². The lowest BCUT2D eigenvalue weighted by Crippen LogP contribution is -2.24. The van der Waals surface area contributed by atoms with Gasteiger partial charge in [-0.3, -0.25) is 9.20 Å². The summed E-state index contributed by atoms with van der Waals surface area (Å²) in [6, 6.07) is 1.35. The van der Waals surface area contributed by atoms with Gasteiger partial charge in [0, 0.05) is 6.20 Å². The maximum atomic E-state index is 14.1. The number of fused-ring (bicyclic) bond motifs is 1. The second kappa shape index (κ2) is 4.40. The number of pyridine rings is 1. The number of rotatable bonds is 1. The van der Waals surface area contributed by atoms with E-state index in [1.807, 2.05) is 20.8 Å². The van der Waals surface area contributed by atoms with E-state index in [2.05, 4.69) is 4.98 Å². The normalized spacial score (nSPS) is 12.1. The fourth-order valence-electron chi connectivity index (χ4n) is 1.87. The Morgan fingerprint density at radius 1 is 1.32 bits per heavy atom. The molecule has 0 spiro atoms. The van der Waals surface area contributed by atoms with Crippen LogP contribution >= 0.6 is 0 Å². The van der Waals surface area contributed by atoms with Crippen molar-refractivity contribution in [3.8, 4) is 0 Å². The van der Waals surface area contributed by atoms with Gasteiger partial charge in [0.2, 0.25) is 5.82 Å². The minimum absolute atomic E-state index is 0.00703. The fourth-order valence-corrected chi connectivity index (χ4v) is 1.87. The number of halogens is 2. The third kappa shape index (κ3) is 2.25. The van der Waals surface area contributed by atoms with Crippen LogP contribution in [0.1, 0.15) is 39.0 Å². The zero-order valence-corrected chi connectivity index (χ0v) is 11.4. The molecule has 0 aliphatic heterocycles. The van der Waals surface area contributed by atoms with Crippen molar-refractivity contribution in [3.63, 3.8) is 0 Å². The second-order valence-corrected chi connectivity index (χ2v) is 5.55. The third-order valence-corrected chi connectivity index (χ3v) is 3.09. The molecule has 0 atom stereocenters. The van der Waals surface area contributed by atoms with E-state index < -0.39 is 17.2 Å². The summed E-state index contributed by atoms with van der Waals surface area (Å²) in [5.41, 5.74) is -0.713. The van der Waals surface area contributed by atoms with Crippen molar-refractivity contribution in [1.82, 2.24) is 9.38 Å². The van der Waals surface area contributed by atoms with Crippen molar-refractivity contribution < 1.29 is 8.78 Å². The largest absolute Gasteiger partial charge is 0.294 e. The van der Waals surface area contributed by atoms with Crippen LogP contribution in [-0.2, 0) is 11.8 Å². The predicted molar refractivity (Wildman–Crippen MR) is 69.5 cm³/mol. The topological polar surface area (TPSA) is 34.4 Å². The standard InChI is InChI=1S/C14H16F2N2O/c1-5-10-11(16)13(19)18-7-8(14(2,3)4)6-9(15)12(18)17-10/h6-7H,5H2,1-4H3. The van der Waals surface area contributed by atoms with Crippen molar-refractivity contribution in [3.05, 3.63) is 45.5 Å². The number of aromatic nitrogens is 2. The molecule has 5 heteroatoms. The molecule has 0 fully saturated rings. The zero-order chi connectivity index (χ0) is 14.4. The predicted octanol–water partition coefficient (Wildman–Crippen LogP) is 2.83. The number of hydrogen-bond donors (Lipinski definition) is 0. The molecule has 0 bridgehead atoms. The Balaban J connectivity index is 2.90. The average Bonchev–Trinajstić information content (AvgIpc) is 2.32. The quantitative estimate of drug-likeness (QED) is 0.795. The average molecular weight is 266 g/mol. The van der Waals surface area contributed by atoms with Crippen molar-refractivity contribution in [2.24, 2.45) is 0 Å². The minimum atomic E-state index is -0.912. The lowest BCUT2D eigenvalue weighted by atomic mass is 9.88. The highest BCUT2D eigenvalue weighted by Crippen LogP contribution is 2.23. The monoisotopic (exact) mass is 266 g/mol. The highest BCUT2D eigenvalue weighted by molar-refractivity contribution is 5.43. The molecule has 0 aromatic carbocycles. The lowest BCUT2D eigenvalue weighted by molar-refractivity contribution is 0.550. The summed E-state index contributed by atoms with van der Waals surface area (Å²) in [7, 11) is 0. The Kier molecular flexibility index (Phi) is 3.16. The molecule has 0 radical (unpaired) electrons. The summed E-state index contributed by atoms with van der Waals surface area (Å²) in [4.78, 5) is 15.8. The lowest BCUT2D eigenvalue weighted by Gasteiger charge is -2.19. The zero-order valence-electron chi connectivity index (χ0n) is 11.4. The summed E-state index contributed by atoms with van der Waals surface area (Å²) in [5, 5.41) is 0. The highest BCUT2D eigenvalue weighted by atomic mass is 19.1. The maximum Gasteiger partial charge on any atom is 0.294 e. The molecular formula is C14H16F2N2O. The molecule has 2 aromatic heterocycles. The van der Waals surface area contributed by atoms with Gasteiger partial charge in [-0.2, -0.15) is 4.39 Å². The van der Waals surface area contributed by atoms with Gasteiger partial charge in [0.1, 0.15) is 0 Å². The Labute approximate surface area is 109 Å². The molecule has 2 aromatic rings. The van der Waals surface area contributed by atoms with Gasteiger partial charge >= 0.3 is 0 Å². The molecule has 19 heavy (non-hydrogen) atoms. The first kappa shape index (κ1) is 13.6. The molecule has 2 heterocycles. The van der Waals surface area contributed by atoms with Crippen molar-refractivity contribution >= 4 is 5.65 Å². The van der Waals surface area contributed by atoms with Gasteiger partial charge in [0.15, 0.2) is 11.5 Å². The van der Waals surface area contributed by atoms with E-state index in [4.69, 9.17) is 0 Å². The van der Waals surface area contributed by atoms with Crippen LogP contribution in [0.2, 0.25) is 0 Å². The molecule has 102 valence electrons. The molecule has 0 saturated heterocycles.